The molecule has 1 spiro atoms. The number of morpholine rings is 1. The van der Waals surface area contributed by atoms with Gasteiger partial charge in [-0.05, 0) is 80.0 Å². The van der Waals surface area contributed by atoms with Crippen molar-refractivity contribution in [2.75, 3.05) is 33.4 Å². The van der Waals surface area contributed by atoms with Gasteiger partial charge in [0.25, 0.3) is 5.91 Å². The Kier molecular flexibility index (Phi) is 7.22. The maximum Gasteiger partial charge on any atom is 0.334 e. The number of benzene rings is 2. The van der Waals surface area contributed by atoms with Crippen LogP contribution in [0.3, 0.4) is 0 Å². The third kappa shape index (κ3) is 5.07. The highest BCUT2D eigenvalue weighted by molar-refractivity contribution is 5.94. The number of hydrogen-bond acceptors (Lipinski definition) is 6. The van der Waals surface area contributed by atoms with Crippen molar-refractivity contribution in [2.45, 2.75) is 51.3 Å². The van der Waals surface area contributed by atoms with E-state index >= 15 is 0 Å². The zero-order chi connectivity index (χ0) is 28.7. The molecule has 1 saturated carbocycles. The Labute approximate surface area is 239 Å². The molecule has 214 valence electrons. The van der Waals surface area contributed by atoms with Crippen LogP contribution >= 0.6 is 0 Å². The second-order valence-electron chi connectivity index (χ2n) is 11.9. The van der Waals surface area contributed by atoms with E-state index in [0.717, 1.165) is 66.7 Å². The van der Waals surface area contributed by atoms with Crippen molar-refractivity contribution in [2.24, 2.45) is 11.3 Å². The number of likely N-dealkylation sites (tertiary alicyclic amines) is 1. The molecule has 2 saturated heterocycles. The minimum Gasteiger partial charge on any atom is -0.496 e. The van der Waals surface area contributed by atoms with Gasteiger partial charge in [-0.25, -0.2) is 4.79 Å². The van der Waals surface area contributed by atoms with Crippen LogP contribution in [0.25, 0.3) is 10.9 Å². The highest BCUT2D eigenvalue weighted by atomic mass is 16.5. The van der Waals surface area contributed by atoms with Crippen molar-refractivity contribution in [1.82, 2.24) is 14.8 Å². The smallest absolute Gasteiger partial charge is 0.334 e. The van der Waals surface area contributed by atoms with Crippen LogP contribution in [0.15, 0.2) is 42.6 Å². The standard InChI is InChI=1S/C32H36N4O5/c1-20-13-27(40-2)25(24-7-9-34-29(20)24)18-35-10-8-32(14-21(15-32)17-33)16-26(35)22-3-5-23(6-4-22)30(37)36-11-12-41-28(19-36)31(38)39/h3-7,9,13,21,26,28,34H,8,10-12,14-16,18-19H2,1-2H3,(H,38,39)/t21?,26?,28-,32?/m1/s1. The Hall–Kier alpha value is -3.87. The molecular formula is C32H36N4O5. The topological polar surface area (TPSA) is 119 Å². The molecule has 0 radical (unpaired) electrons. The second-order valence-corrected chi connectivity index (χ2v) is 11.9. The maximum absolute atomic E-state index is 13.2. The SMILES string of the molecule is COc1cc(C)c2[nH]ccc2c1CN1CCC2(CC(C#N)C2)CC1c1ccc(C(=O)N2CCO[C@@H](C(=O)O)C2)cc1. The predicted octanol–water partition coefficient (Wildman–Crippen LogP) is 4.67. The van der Waals surface area contributed by atoms with Gasteiger partial charge in [-0.3, -0.25) is 9.69 Å². The number of methoxy groups -OCH3 is 1. The zero-order valence-corrected chi connectivity index (χ0v) is 23.6. The molecule has 3 fully saturated rings. The summed E-state index contributed by atoms with van der Waals surface area (Å²) in [7, 11) is 1.72. The molecular weight excluding hydrogens is 520 g/mol. The van der Waals surface area contributed by atoms with Gasteiger partial charge in [-0.1, -0.05) is 12.1 Å². The lowest BCUT2D eigenvalue weighted by molar-refractivity contribution is -0.154. The average molecular weight is 557 g/mol. The summed E-state index contributed by atoms with van der Waals surface area (Å²) < 4.78 is 11.1. The van der Waals surface area contributed by atoms with Crippen molar-refractivity contribution in [3.05, 3.63) is 64.8 Å². The van der Waals surface area contributed by atoms with Gasteiger partial charge >= 0.3 is 5.97 Å². The Bertz CT molecular complexity index is 1500. The number of aromatic amines is 1. The minimum absolute atomic E-state index is 0.0426. The number of fused-ring (bicyclic) bond motifs is 1. The molecule has 3 heterocycles. The third-order valence-electron chi connectivity index (χ3n) is 9.40. The van der Waals surface area contributed by atoms with E-state index in [2.05, 4.69) is 35.0 Å². The average Bonchev–Trinajstić information content (AvgIpc) is 3.48. The quantitative estimate of drug-likeness (QED) is 0.453. The summed E-state index contributed by atoms with van der Waals surface area (Å²) >= 11 is 0. The van der Waals surface area contributed by atoms with E-state index in [1.807, 2.05) is 30.5 Å². The third-order valence-corrected chi connectivity index (χ3v) is 9.40. The van der Waals surface area contributed by atoms with Crippen LogP contribution in [-0.4, -0.2) is 71.2 Å². The number of hydrogen-bond donors (Lipinski definition) is 2. The fourth-order valence-electron chi connectivity index (χ4n) is 7.14. The lowest BCUT2D eigenvalue weighted by atomic mass is 9.56. The van der Waals surface area contributed by atoms with Crippen molar-refractivity contribution in [1.29, 1.82) is 5.26 Å². The lowest BCUT2D eigenvalue weighted by Crippen LogP contribution is -2.48. The normalized spacial score (nSPS) is 26.5. The molecule has 6 rings (SSSR count). The number of rotatable bonds is 6. The number of ether oxygens (including phenoxy) is 2. The van der Waals surface area contributed by atoms with Crippen LogP contribution in [0.1, 0.15) is 58.8 Å². The number of aryl methyl sites for hydroxylation is 1. The van der Waals surface area contributed by atoms with Gasteiger partial charge in [-0.15, -0.1) is 0 Å². The Morgan fingerprint density at radius 1 is 1.20 bits per heavy atom. The molecule has 3 aromatic rings. The number of carboxylic acids is 1. The van der Waals surface area contributed by atoms with Crippen LogP contribution in [-0.2, 0) is 16.1 Å². The maximum atomic E-state index is 13.2. The number of aliphatic carboxylic acids is 1. The Balaban J connectivity index is 1.27. The van der Waals surface area contributed by atoms with Crippen LogP contribution in [0.4, 0.5) is 0 Å². The summed E-state index contributed by atoms with van der Waals surface area (Å²) in [5.74, 6) is -0.214. The van der Waals surface area contributed by atoms with Gasteiger partial charge in [0.05, 0.1) is 26.3 Å². The molecule has 9 nitrogen and oxygen atoms in total. The highest BCUT2D eigenvalue weighted by Crippen LogP contribution is 2.56. The van der Waals surface area contributed by atoms with Crippen LogP contribution in [0.2, 0.25) is 0 Å². The number of piperidine rings is 1. The van der Waals surface area contributed by atoms with Gasteiger partial charge in [0.2, 0.25) is 0 Å². The van der Waals surface area contributed by atoms with Crippen molar-refractivity contribution >= 4 is 22.8 Å². The molecule has 2 atom stereocenters. The summed E-state index contributed by atoms with van der Waals surface area (Å²) in [5, 5.41) is 20.0. The molecule has 1 aromatic heterocycles. The summed E-state index contributed by atoms with van der Waals surface area (Å²) in [4.78, 5) is 32.0. The Morgan fingerprint density at radius 3 is 2.68 bits per heavy atom. The molecule has 41 heavy (non-hydrogen) atoms. The predicted molar refractivity (Wildman–Crippen MR) is 152 cm³/mol. The number of nitrogens with zero attached hydrogens (tertiary/aromatic N) is 3. The molecule has 9 heteroatoms. The van der Waals surface area contributed by atoms with E-state index in [1.165, 1.54) is 5.39 Å². The minimum atomic E-state index is -1.05. The van der Waals surface area contributed by atoms with E-state index in [1.54, 1.807) is 12.0 Å². The van der Waals surface area contributed by atoms with Gasteiger partial charge in [0.1, 0.15) is 5.75 Å². The van der Waals surface area contributed by atoms with Gasteiger partial charge in [0.15, 0.2) is 6.10 Å². The van der Waals surface area contributed by atoms with E-state index < -0.39 is 12.1 Å². The summed E-state index contributed by atoms with van der Waals surface area (Å²) in [5.41, 5.74) is 5.29. The van der Waals surface area contributed by atoms with E-state index in [4.69, 9.17) is 9.47 Å². The van der Waals surface area contributed by atoms with Crippen LogP contribution < -0.4 is 4.74 Å². The second kappa shape index (κ2) is 10.8. The lowest BCUT2D eigenvalue weighted by Gasteiger charge is -2.53. The fraction of sp³-hybridized carbons (Fsp3) is 0.469. The van der Waals surface area contributed by atoms with Gasteiger partial charge in [0, 0.05) is 53.3 Å². The molecule has 2 N–H and O–H groups in total. The number of aromatic nitrogens is 1. The molecule has 3 aliphatic rings. The first-order valence-corrected chi connectivity index (χ1v) is 14.3. The van der Waals surface area contributed by atoms with Crippen molar-refractivity contribution in [3.63, 3.8) is 0 Å². The molecule has 1 aliphatic carbocycles. The van der Waals surface area contributed by atoms with E-state index in [-0.39, 0.29) is 36.4 Å². The number of carboxylic acid groups (broad SMARTS) is 1. The first-order chi connectivity index (χ1) is 19.8. The number of carbonyl (C=O) groups is 2. The number of carbonyl (C=O) groups excluding carboxylic acids is 1. The molecule has 0 bridgehead atoms. The van der Waals surface area contributed by atoms with Crippen molar-refractivity contribution in [3.8, 4) is 11.8 Å². The summed E-state index contributed by atoms with van der Waals surface area (Å²) in [6, 6.07) is 14.6. The number of nitriles is 1. The highest BCUT2D eigenvalue weighted by Gasteiger charge is 2.49. The molecule has 1 amide bonds. The van der Waals surface area contributed by atoms with E-state index in [9.17, 15) is 20.0 Å². The van der Waals surface area contributed by atoms with Gasteiger partial charge in [-0.2, -0.15) is 5.26 Å². The number of amides is 1. The summed E-state index contributed by atoms with van der Waals surface area (Å²) in [6.45, 7) is 4.35. The van der Waals surface area contributed by atoms with Crippen molar-refractivity contribution < 1.29 is 24.2 Å². The summed E-state index contributed by atoms with van der Waals surface area (Å²) in [6.07, 6.45) is 4.90. The first-order valence-electron chi connectivity index (χ1n) is 14.3. The zero-order valence-electron chi connectivity index (χ0n) is 23.6. The number of nitrogens with one attached hydrogen (secondary N) is 1. The Morgan fingerprint density at radius 2 is 1.98 bits per heavy atom. The first kappa shape index (κ1) is 27.3. The van der Waals surface area contributed by atoms with Crippen LogP contribution in [0, 0.1) is 29.6 Å². The van der Waals surface area contributed by atoms with Gasteiger partial charge < -0.3 is 24.5 Å². The van der Waals surface area contributed by atoms with E-state index in [0.29, 0.717) is 12.1 Å². The largest absolute Gasteiger partial charge is 0.496 e. The molecule has 2 aromatic carbocycles. The van der Waals surface area contributed by atoms with Crippen LogP contribution in [0.5, 0.6) is 5.75 Å². The molecule has 1 unspecified atom stereocenters. The number of H-pyrrole nitrogens is 1. The fourth-order valence-corrected chi connectivity index (χ4v) is 7.14. The monoisotopic (exact) mass is 556 g/mol. The molecule has 2 aliphatic heterocycles.